The number of phenols is 1. The first-order valence-electron chi connectivity index (χ1n) is 5.33. The molecule has 1 aromatic rings. The van der Waals surface area contributed by atoms with E-state index in [-0.39, 0.29) is 17.7 Å². The molecule has 0 aliphatic rings. The van der Waals surface area contributed by atoms with Crippen molar-refractivity contribution in [3.63, 3.8) is 0 Å². The number of hydrogen-bond donors (Lipinski definition) is 3. The Kier molecular flexibility index (Phi) is 4.31. The maximum atomic E-state index is 11.6. The number of carbonyl (C=O) groups is 1. The summed E-state index contributed by atoms with van der Waals surface area (Å²) in [4.78, 5) is 11.6. The van der Waals surface area contributed by atoms with E-state index in [4.69, 9.17) is 5.73 Å². The van der Waals surface area contributed by atoms with Crippen LogP contribution in [0.3, 0.4) is 0 Å². The summed E-state index contributed by atoms with van der Waals surface area (Å²) in [7, 11) is 0. The van der Waals surface area contributed by atoms with Crippen molar-refractivity contribution in [3.8, 4) is 5.75 Å². The Morgan fingerprint density at radius 2 is 2.19 bits per heavy atom. The molecular weight excluding hydrogens is 204 g/mol. The van der Waals surface area contributed by atoms with Crippen LogP contribution in [0.5, 0.6) is 5.75 Å². The number of nitrogens with one attached hydrogen (secondary N) is 1. The van der Waals surface area contributed by atoms with Crippen molar-refractivity contribution in [2.24, 2.45) is 11.7 Å². The molecule has 0 heterocycles. The number of benzene rings is 1. The number of phenolic OH excluding ortho intramolecular Hbond substituents is 1. The standard InChI is InChI=1S/C12H18N2O2/c1-8(2)11(13)7-14-12(16)9-4-3-5-10(15)6-9/h3-6,8,11,15H,7,13H2,1-2H3,(H,14,16). The van der Waals surface area contributed by atoms with Crippen LogP contribution in [0.2, 0.25) is 0 Å². The lowest BCUT2D eigenvalue weighted by atomic mass is 10.1. The van der Waals surface area contributed by atoms with E-state index in [2.05, 4.69) is 5.32 Å². The predicted octanol–water partition coefficient (Wildman–Crippen LogP) is 1.11. The molecule has 16 heavy (non-hydrogen) atoms. The van der Waals surface area contributed by atoms with Crippen LogP contribution in [-0.4, -0.2) is 23.6 Å². The predicted molar refractivity (Wildman–Crippen MR) is 63.3 cm³/mol. The SMILES string of the molecule is CC(C)C(N)CNC(=O)c1cccc(O)c1. The Morgan fingerprint density at radius 3 is 2.75 bits per heavy atom. The van der Waals surface area contributed by atoms with Crippen LogP contribution in [0.15, 0.2) is 24.3 Å². The molecule has 1 atom stereocenters. The largest absolute Gasteiger partial charge is 0.508 e. The quantitative estimate of drug-likeness (QED) is 0.714. The van der Waals surface area contributed by atoms with Gasteiger partial charge in [-0.15, -0.1) is 0 Å². The molecule has 0 saturated heterocycles. The monoisotopic (exact) mass is 222 g/mol. The second-order valence-corrected chi connectivity index (χ2v) is 4.17. The summed E-state index contributed by atoms with van der Waals surface area (Å²) < 4.78 is 0. The fourth-order valence-corrected chi connectivity index (χ4v) is 1.20. The average molecular weight is 222 g/mol. The van der Waals surface area contributed by atoms with Crippen molar-refractivity contribution < 1.29 is 9.90 Å². The van der Waals surface area contributed by atoms with Gasteiger partial charge in [0.15, 0.2) is 0 Å². The zero-order valence-corrected chi connectivity index (χ0v) is 9.60. The van der Waals surface area contributed by atoms with Crippen LogP contribution < -0.4 is 11.1 Å². The molecule has 1 aromatic carbocycles. The van der Waals surface area contributed by atoms with Crippen LogP contribution in [0.1, 0.15) is 24.2 Å². The highest BCUT2D eigenvalue weighted by molar-refractivity contribution is 5.94. The first-order chi connectivity index (χ1) is 7.50. The minimum Gasteiger partial charge on any atom is -0.508 e. The van der Waals surface area contributed by atoms with E-state index in [9.17, 15) is 9.90 Å². The van der Waals surface area contributed by atoms with Gasteiger partial charge in [0.05, 0.1) is 0 Å². The van der Waals surface area contributed by atoms with Crippen LogP contribution >= 0.6 is 0 Å². The molecule has 4 nitrogen and oxygen atoms in total. The molecule has 1 unspecified atom stereocenters. The van der Waals surface area contributed by atoms with Gasteiger partial charge in [-0.2, -0.15) is 0 Å². The molecule has 0 fully saturated rings. The van der Waals surface area contributed by atoms with Crippen LogP contribution in [0, 0.1) is 5.92 Å². The van der Waals surface area contributed by atoms with Crippen molar-refractivity contribution in [2.75, 3.05) is 6.54 Å². The van der Waals surface area contributed by atoms with Crippen LogP contribution in [0.4, 0.5) is 0 Å². The van der Waals surface area contributed by atoms with Gasteiger partial charge in [-0.05, 0) is 24.1 Å². The van der Waals surface area contributed by atoms with E-state index in [1.165, 1.54) is 12.1 Å². The summed E-state index contributed by atoms with van der Waals surface area (Å²) in [6.45, 7) is 4.45. The maximum absolute atomic E-state index is 11.6. The van der Waals surface area contributed by atoms with Gasteiger partial charge in [0.25, 0.3) is 5.91 Å². The summed E-state index contributed by atoms with van der Waals surface area (Å²) in [5.74, 6) is 0.192. The first kappa shape index (κ1) is 12.5. The number of nitrogens with two attached hydrogens (primary N) is 1. The van der Waals surface area contributed by atoms with Crippen LogP contribution in [-0.2, 0) is 0 Å². The highest BCUT2D eigenvalue weighted by Gasteiger charge is 2.10. The van der Waals surface area contributed by atoms with Gasteiger partial charge in [-0.25, -0.2) is 0 Å². The summed E-state index contributed by atoms with van der Waals surface area (Å²) in [5.41, 5.74) is 6.25. The molecule has 1 rings (SSSR count). The highest BCUT2D eigenvalue weighted by atomic mass is 16.3. The molecule has 0 aliphatic carbocycles. The van der Waals surface area contributed by atoms with E-state index >= 15 is 0 Å². The fourth-order valence-electron chi connectivity index (χ4n) is 1.20. The van der Waals surface area contributed by atoms with Gasteiger partial charge >= 0.3 is 0 Å². The Hall–Kier alpha value is -1.55. The van der Waals surface area contributed by atoms with Crippen molar-refractivity contribution in [1.29, 1.82) is 0 Å². The minimum atomic E-state index is -0.216. The van der Waals surface area contributed by atoms with E-state index in [1.807, 2.05) is 13.8 Å². The molecule has 88 valence electrons. The second-order valence-electron chi connectivity index (χ2n) is 4.17. The van der Waals surface area contributed by atoms with Gasteiger partial charge in [0, 0.05) is 18.2 Å². The molecule has 4 heteroatoms. The number of carbonyl (C=O) groups excluding carboxylic acids is 1. The Morgan fingerprint density at radius 1 is 1.50 bits per heavy atom. The zero-order valence-electron chi connectivity index (χ0n) is 9.60. The number of aromatic hydroxyl groups is 1. The van der Waals surface area contributed by atoms with E-state index in [0.29, 0.717) is 18.0 Å². The summed E-state index contributed by atoms with van der Waals surface area (Å²) in [5, 5.41) is 12.0. The molecule has 0 radical (unpaired) electrons. The van der Waals surface area contributed by atoms with Crippen molar-refractivity contribution in [1.82, 2.24) is 5.32 Å². The minimum absolute atomic E-state index is 0.0544. The molecule has 0 aliphatic heterocycles. The van der Waals surface area contributed by atoms with Gasteiger partial charge in [0.2, 0.25) is 0 Å². The third-order valence-corrected chi connectivity index (χ3v) is 2.46. The number of hydrogen-bond acceptors (Lipinski definition) is 3. The van der Waals surface area contributed by atoms with Gasteiger partial charge in [-0.3, -0.25) is 4.79 Å². The third kappa shape index (κ3) is 3.55. The first-order valence-corrected chi connectivity index (χ1v) is 5.33. The molecule has 4 N–H and O–H groups in total. The summed E-state index contributed by atoms with van der Waals surface area (Å²) in [6.07, 6.45) is 0. The Bertz CT molecular complexity index is 364. The zero-order chi connectivity index (χ0) is 12.1. The molecule has 0 bridgehead atoms. The lowest BCUT2D eigenvalue weighted by Gasteiger charge is -2.16. The van der Waals surface area contributed by atoms with Crippen LogP contribution in [0.25, 0.3) is 0 Å². The van der Waals surface area contributed by atoms with Crippen molar-refractivity contribution in [3.05, 3.63) is 29.8 Å². The van der Waals surface area contributed by atoms with E-state index in [1.54, 1.807) is 12.1 Å². The third-order valence-electron chi connectivity index (χ3n) is 2.46. The van der Waals surface area contributed by atoms with Gasteiger partial charge in [-0.1, -0.05) is 19.9 Å². The second kappa shape index (κ2) is 5.51. The van der Waals surface area contributed by atoms with Gasteiger partial charge < -0.3 is 16.2 Å². The molecular formula is C12H18N2O2. The molecule has 0 spiro atoms. The summed E-state index contributed by atoms with van der Waals surface area (Å²) >= 11 is 0. The fraction of sp³-hybridized carbons (Fsp3) is 0.417. The topological polar surface area (TPSA) is 75.3 Å². The lowest BCUT2D eigenvalue weighted by Crippen LogP contribution is -2.40. The number of amides is 1. The molecule has 0 aromatic heterocycles. The van der Waals surface area contributed by atoms with Crippen molar-refractivity contribution in [2.45, 2.75) is 19.9 Å². The summed E-state index contributed by atoms with van der Waals surface area (Å²) in [6, 6.07) is 6.18. The smallest absolute Gasteiger partial charge is 0.251 e. The number of rotatable bonds is 4. The average Bonchev–Trinajstić information content (AvgIpc) is 2.25. The maximum Gasteiger partial charge on any atom is 0.251 e. The Balaban J connectivity index is 2.53. The van der Waals surface area contributed by atoms with Crippen molar-refractivity contribution >= 4 is 5.91 Å². The molecule has 1 amide bonds. The normalized spacial score (nSPS) is 12.5. The highest BCUT2D eigenvalue weighted by Crippen LogP contribution is 2.10. The Labute approximate surface area is 95.5 Å². The van der Waals surface area contributed by atoms with Gasteiger partial charge in [0.1, 0.15) is 5.75 Å². The van der Waals surface area contributed by atoms with E-state index in [0.717, 1.165) is 0 Å². The molecule has 0 saturated carbocycles. The van der Waals surface area contributed by atoms with E-state index < -0.39 is 0 Å². The lowest BCUT2D eigenvalue weighted by molar-refractivity contribution is 0.0949.